The van der Waals surface area contributed by atoms with Gasteiger partial charge < -0.3 is 9.30 Å². The molecule has 3 aromatic rings. The number of nitrogens with zero attached hydrogens (tertiary/aromatic N) is 3. The molecule has 0 aliphatic heterocycles. The van der Waals surface area contributed by atoms with Crippen molar-refractivity contribution in [2.24, 2.45) is 0 Å². The van der Waals surface area contributed by atoms with E-state index in [1.165, 1.54) is 0 Å². The molecule has 0 bridgehead atoms. The molecule has 25 heavy (non-hydrogen) atoms. The molecule has 0 fully saturated rings. The van der Waals surface area contributed by atoms with E-state index in [0.717, 1.165) is 29.3 Å². The van der Waals surface area contributed by atoms with Gasteiger partial charge in [-0.1, -0.05) is 61.6 Å². The molecule has 0 atom stereocenters. The molecular formula is C18H21Cl2N3OSi. The minimum Gasteiger partial charge on any atom is -0.361 e. The van der Waals surface area contributed by atoms with Crippen molar-refractivity contribution in [1.82, 2.24) is 14.5 Å². The maximum atomic E-state index is 6.48. The fourth-order valence-corrected chi connectivity index (χ4v) is 3.77. The van der Waals surface area contributed by atoms with Crippen molar-refractivity contribution in [3.63, 3.8) is 0 Å². The van der Waals surface area contributed by atoms with Gasteiger partial charge >= 0.3 is 0 Å². The zero-order chi connectivity index (χ0) is 18.0. The van der Waals surface area contributed by atoms with Crippen LogP contribution in [0.2, 0.25) is 36.0 Å². The molecule has 132 valence electrons. The van der Waals surface area contributed by atoms with Crippen molar-refractivity contribution in [3.05, 3.63) is 46.8 Å². The second-order valence-corrected chi connectivity index (χ2v) is 13.6. The lowest BCUT2D eigenvalue weighted by molar-refractivity contribution is 0.0899. The maximum absolute atomic E-state index is 6.48. The topological polar surface area (TPSA) is 39.9 Å². The highest BCUT2D eigenvalue weighted by Crippen LogP contribution is 2.34. The van der Waals surface area contributed by atoms with Gasteiger partial charge in [-0.15, -0.1) is 0 Å². The van der Waals surface area contributed by atoms with E-state index in [9.17, 15) is 0 Å². The van der Waals surface area contributed by atoms with Crippen LogP contribution in [0.1, 0.15) is 0 Å². The summed E-state index contributed by atoms with van der Waals surface area (Å²) in [4.78, 5) is 8.77. The Morgan fingerprint density at radius 2 is 1.80 bits per heavy atom. The molecule has 7 heteroatoms. The lowest BCUT2D eigenvalue weighted by Gasteiger charge is -2.15. The number of hydrogen-bond acceptors (Lipinski definition) is 3. The number of hydrogen-bond donors (Lipinski definition) is 0. The van der Waals surface area contributed by atoms with E-state index < -0.39 is 8.07 Å². The van der Waals surface area contributed by atoms with Crippen LogP contribution in [0.5, 0.6) is 0 Å². The number of ether oxygens (including phenoxy) is 1. The molecule has 0 N–H and O–H groups in total. The summed E-state index contributed by atoms with van der Waals surface area (Å²) in [5, 5.41) is 1.59. The number of fused-ring (bicyclic) bond motifs is 1. The van der Waals surface area contributed by atoms with Crippen molar-refractivity contribution in [3.8, 4) is 11.3 Å². The molecule has 0 saturated carbocycles. The standard InChI is InChI=1S/C18H21Cl2N3OSi/c1-25(2,3)10-9-24-12-23-11-14(19)15-16(13-7-5-4-6-8-13)21-18(20)22-17(15)23/h4-8,11H,9-10,12H2,1-3H3. The SMILES string of the molecule is C[Si](C)(C)CCOCn1cc(Cl)c2c(-c3ccccc3)nc(Cl)nc21. The van der Waals surface area contributed by atoms with E-state index >= 15 is 0 Å². The van der Waals surface area contributed by atoms with Crippen molar-refractivity contribution >= 4 is 42.3 Å². The molecule has 0 unspecified atom stereocenters. The van der Waals surface area contributed by atoms with E-state index in [4.69, 9.17) is 27.9 Å². The lowest BCUT2D eigenvalue weighted by atomic mass is 10.1. The van der Waals surface area contributed by atoms with Gasteiger partial charge in [0, 0.05) is 26.4 Å². The third kappa shape index (κ3) is 4.42. The van der Waals surface area contributed by atoms with Gasteiger partial charge in [-0.25, -0.2) is 4.98 Å². The van der Waals surface area contributed by atoms with Crippen molar-refractivity contribution in [1.29, 1.82) is 0 Å². The zero-order valence-corrected chi connectivity index (χ0v) is 17.1. The van der Waals surface area contributed by atoms with Gasteiger partial charge in [0.1, 0.15) is 12.4 Å². The Morgan fingerprint density at radius 1 is 1.08 bits per heavy atom. The van der Waals surface area contributed by atoms with Crippen molar-refractivity contribution < 1.29 is 4.74 Å². The Labute approximate surface area is 158 Å². The summed E-state index contributed by atoms with van der Waals surface area (Å²) in [6.45, 7) is 8.12. The van der Waals surface area contributed by atoms with E-state index in [1.54, 1.807) is 0 Å². The smallest absolute Gasteiger partial charge is 0.224 e. The number of aromatic nitrogens is 3. The molecule has 2 heterocycles. The van der Waals surface area contributed by atoms with E-state index in [2.05, 4.69) is 29.6 Å². The molecule has 0 saturated heterocycles. The van der Waals surface area contributed by atoms with Crippen LogP contribution < -0.4 is 0 Å². The highest BCUT2D eigenvalue weighted by atomic mass is 35.5. The third-order valence-corrected chi connectivity index (χ3v) is 6.08. The van der Waals surface area contributed by atoms with Crippen LogP contribution in [0.15, 0.2) is 36.5 Å². The minimum atomic E-state index is -1.11. The highest BCUT2D eigenvalue weighted by Gasteiger charge is 2.17. The summed E-state index contributed by atoms with van der Waals surface area (Å²) in [6.07, 6.45) is 1.83. The van der Waals surface area contributed by atoms with Crippen LogP contribution in [0.25, 0.3) is 22.3 Å². The normalized spacial score (nSPS) is 12.0. The largest absolute Gasteiger partial charge is 0.361 e. The summed E-state index contributed by atoms with van der Waals surface area (Å²) in [7, 11) is -1.11. The van der Waals surface area contributed by atoms with Crippen LogP contribution in [0.4, 0.5) is 0 Å². The summed E-state index contributed by atoms with van der Waals surface area (Å²) in [5.74, 6) is 0. The second kappa shape index (κ2) is 7.46. The van der Waals surface area contributed by atoms with Crippen molar-refractivity contribution in [2.75, 3.05) is 6.61 Å². The Balaban J connectivity index is 1.93. The Bertz CT molecular complexity index is 875. The van der Waals surface area contributed by atoms with Crippen LogP contribution in [-0.2, 0) is 11.5 Å². The quantitative estimate of drug-likeness (QED) is 0.305. The predicted molar refractivity (Wildman–Crippen MR) is 107 cm³/mol. The summed E-state index contributed by atoms with van der Waals surface area (Å²) < 4.78 is 7.73. The molecule has 4 nitrogen and oxygen atoms in total. The minimum absolute atomic E-state index is 0.199. The first kappa shape index (κ1) is 18.4. The van der Waals surface area contributed by atoms with Gasteiger partial charge in [-0.05, 0) is 17.6 Å². The van der Waals surface area contributed by atoms with Gasteiger partial charge in [0.25, 0.3) is 0 Å². The molecule has 0 radical (unpaired) electrons. The van der Waals surface area contributed by atoms with Gasteiger partial charge in [0.05, 0.1) is 16.1 Å². The Hall–Kier alpha value is -1.40. The third-order valence-electron chi connectivity index (χ3n) is 3.92. The fraction of sp³-hybridized carbons (Fsp3) is 0.333. The van der Waals surface area contributed by atoms with E-state index in [1.807, 2.05) is 41.1 Å². The molecule has 3 rings (SSSR count). The number of halogens is 2. The lowest BCUT2D eigenvalue weighted by Crippen LogP contribution is -2.22. The molecular weight excluding hydrogens is 373 g/mol. The van der Waals surface area contributed by atoms with Gasteiger partial charge in [0.15, 0.2) is 0 Å². The summed E-state index contributed by atoms with van der Waals surface area (Å²) in [5.41, 5.74) is 2.38. The monoisotopic (exact) mass is 393 g/mol. The van der Waals surface area contributed by atoms with Crippen LogP contribution >= 0.6 is 23.2 Å². The van der Waals surface area contributed by atoms with Crippen LogP contribution in [0.3, 0.4) is 0 Å². The molecule has 1 aromatic carbocycles. The fourth-order valence-electron chi connectivity index (χ4n) is 2.56. The zero-order valence-electron chi connectivity index (χ0n) is 14.6. The molecule has 0 aliphatic rings. The maximum Gasteiger partial charge on any atom is 0.224 e. The number of benzene rings is 1. The second-order valence-electron chi connectivity index (χ2n) is 7.20. The van der Waals surface area contributed by atoms with E-state index in [-0.39, 0.29) is 5.28 Å². The summed E-state index contributed by atoms with van der Waals surface area (Å²) in [6, 6.07) is 11.0. The highest BCUT2D eigenvalue weighted by molar-refractivity contribution is 6.76. The number of rotatable bonds is 6. The predicted octanol–water partition coefficient (Wildman–Crippen LogP) is 5.72. The van der Waals surface area contributed by atoms with E-state index in [0.29, 0.717) is 17.4 Å². The first-order valence-corrected chi connectivity index (χ1v) is 12.7. The van der Waals surface area contributed by atoms with Gasteiger partial charge in [-0.3, -0.25) is 0 Å². The van der Waals surface area contributed by atoms with Gasteiger partial charge in [-0.2, -0.15) is 4.98 Å². The van der Waals surface area contributed by atoms with Gasteiger partial charge in [0.2, 0.25) is 5.28 Å². The average Bonchev–Trinajstić information content (AvgIpc) is 2.87. The van der Waals surface area contributed by atoms with Crippen LogP contribution in [0, 0.1) is 0 Å². The molecule has 0 aliphatic carbocycles. The average molecular weight is 394 g/mol. The first-order valence-electron chi connectivity index (χ1n) is 8.20. The summed E-state index contributed by atoms with van der Waals surface area (Å²) >= 11 is 12.6. The van der Waals surface area contributed by atoms with Crippen molar-refractivity contribution in [2.45, 2.75) is 32.4 Å². The first-order chi connectivity index (χ1) is 11.8. The Kier molecular flexibility index (Phi) is 5.48. The molecule has 0 amide bonds. The molecule has 0 spiro atoms. The van der Waals surface area contributed by atoms with Crippen LogP contribution in [-0.4, -0.2) is 29.2 Å². The molecule has 2 aromatic heterocycles. The Morgan fingerprint density at radius 3 is 2.48 bits per heavy atom.